The number of piperidine rings is 1. The van der Waals surface area contributed by atoms with Crippen LogP contribution in [0.25, 0.3) is 11.1 Å². The lowest BCUT2D eigenvalue weighted by Crippen LogP contribution is -2.48. The van der Waals surface area contributed by atoms with E-state index >= 15 is 0 Å². The molecule has 2 unspecified atom stereocenters. The molecule has 3 aromatic rings. The molecule has 3 aromatic carbocycles. The summed E-state index contributed by atoms with van der Waals surface area (Å²) in [7, 11) is 0. The zero-order valence-electron chi connectivity index (χ0n) is 20.6. The number of ketones is 1. The average molecular weight is 482 g/mol. The summed E-state index contributed by atoms with van der Waals surface area (Å²) in [6.45, 7) is 2.88. The summed E-state index contributed by atoms with van der Waals surface area (Å²) in [5, 5.41) is 0. The third kappa shape index (κ3) is 3.97. The van der Waals surface area contributed by atoms with Crippen LogP contribution in [-0.2, 0) is 4.74 Å². The summed E-state index contributed by atoms with van der Waals surface area (Å²) >= 11 is 0. The predicted octanol–water partition coefficient (Wildman–Crippen LogP) is 6.46. The van der Waals surface area contributed by atoms with Crippen molar-refractivity contribution < 1.29 is 19.1 Å². The van der Waals surface area contributed by atoms with E-state index in [-0.39, 0.29) is 35.8 Å². The smallest absolute Gasteiger partial charge is 0.410 e. The largest absolute Gasteiger partial charge is 0.494 e. The van der Waals surface area contributed by atoms with Gasteiger partial charge in [0.05, 0.1) is 6.61 Å². The fourth-order valence-corrected chi connectivity index (χ4v) is 6.48. The molecular formula is C31H31NO4. The Morgan fingerprint density at radius 1 is 0.833 bits per heavy atom. The number of Topliss-reactive ketones (excluding diaryl/α,β-unsaturated/α-hetero) is 1. The number of rotatable bonds is 6. The molecule has 0 N–H and O–H groups in total. The molecule has 2 heterocycles. The molecule has 5 heteroatoms. The van der Waals surface area contributed by atoms with Crippen LogP contribution in [0, 0.1) is 5.92 Å². The normalized spacial score (nSPS) is 22.1. The van der Waals surface area contributed by atoms with Gasteiger partial charge >= 0.3 is 6.09 Å². The number of carbonyl (C=O) groups excluding carboxylic acids is 2. The molecule has 1 amide bonds. The van der Waals surface area contributed by atoms with E-state index in [1.54, 1.807) is 0 Å². The molecule has 0 spiro atoms. The van der Waals surface area contributed by atoms with E-state index in [9.17, 15) is 9.59 Å². The maximum absolute atomic E-state index is 13.3. The molecule has 0 radical (unpaired) electrons. The topological polar surface area (TPSA) is 55.8 Å². The third-order valence-corrected chi connectivity index (χ3v) is 8.10. The van der Waals surface area contributed by atoms with Crippen molar-refractivity contribution in [1.82, 2.24) is 4.90 Å². The van der Waals surface area contributed by atoms with Gasteiger partial charge in [-0.2, -0.15) is 0 Å². The Morgan fingerprint density at radius 2 is 1.42 bits per heavy atom. The van der Waals surface area contributed by atoms with Crippen molar-refractivity contribution in [3.8, 4) is 16.9 Å². The van der Waals surface area contributed by atoms with Gasteiger partial charge in [0.15, 0.2) is 5.78 Å². The number of nitrogens with zero attached hydrogens (tertiary/aromatic N) is 1. The lowest BCUT2D eigenvalue weighted by Gasteiger charge is -2.37. The fourth-order valence-electron chi connectivity index (χ4n) is 6.48. The highest BCUT2D eigenvalue weighted by molar-refractivity contribution is 5.98. The molecule has 6 rings (SSSR count). The van der Waals surface area contributed by atoms with Gasteiger partial charge in [-0.1, -0.05) is 48.5 Å². The van der Waals surface area contributed by atoms with Gasteiger partial charge in [-0.05, 0) is 79.1 Å². The second kappa shape index (κ2) is 9.45. The van der Waals surface area contributed by atoms with Crippen molar-refractivity contribution in [2.75, 3.05) is 13.2 Å². The number of fused-ring (bicyclic) bond motifs is 5. The Morgan fingerprint density at radius 3 is 2.00 bits per heavy atom. The van der Waals surface area contributed by atoms with E-state index in [1.807, 2.05) is 48.2 Å². The first-order chi connectivity index (χ1) is 17.6. The first-order valence-electron chi connectivity index (χ1n) is 13.0. The highest BCUT2D eigenvalue weighted by atomic mass is 16.6. The second-order valence-electron chi connectivity index (χ2n) is 10.1. The Labute approximate surface area is 212 Å². The summed E-state index contributed by atoms with van der Waals surface area (Å²) in [5.41, 5.74) is 5.60. The molecule has 5 nitrogen and oxygen atoms in total. The van der Waals surface area contributed by atoms with Gasteiger partial charge in [0, 0.05) is 29.5 Å². The molecule has 0 saturated carbocycles. The van der Waals surface area contributed by atoms with Crippen molar-refractivity contribution in [3.63, 3.8) is 0 Å². The highest BCUT2D eigenvalue weighted by Gasteiger charge is 2.46. The highest BCUT2D eigenvalue weighted by Crippen LogP contribution is 2.45. The van der Waals surface area contributed by atoms with Crippen LogP contribution in [0.1, 0.15) is 60.0 Å². The van der Waals surface area contributed by atoms with Crippen LogP contribution in [0.15, 0.2) is 72.8 Å². The SMILES string of the molecule is CCOc1ccc(C(=O)C2CC3CCC(C2)N3C(=O)OCC2c3ccccc3-c3ccccc32)cc1. The molecule has 3 aliphatic rings. The predicted molar refractivity (Wildman–Crippen MR) is 138 cm³/mol. The Bertz CT molecular complexity index is 1220. The quantitative estimate of drug-likeness (QED) is 0.379. The lowest BCUT2D eigenvalue weighted by molar-refractivity contribution is 0.0506. The molecule has 1 aliphatic carbocycles. The van der Waals surface area contributed by atoms with E-state index in [0.717, 1.165) is 24.2 Å². The minimum absolute atomic E-state index is 0.0535. The summed E-state index contributed by atoms with van der Waals surface area (Å²) in [6, 6.07) is 24.3. The van der Waals surface area contributed by atoms with E-state index in [2.05, 4.69) is 36.4 Å². The van der Waals surface area contributed by atoms with E-state index in [1.165, 1.54) is 22.3 Å². The van der Waals surface area contributed by atoms with E-state index in [0.29, 0.717) is 26.1 Å². The van der Waals surface area contributed by atoms with Crippen LogP contribution in [0.5, 0.6) is 5.75 Å². The average Bonchev–Trinajstić information content (AvgIpc) is 3.38. The van der Waals surface area contributed by atoms with Gasteiger partial charge in [-0.15, -0.1) is 0 Å². The molecule has 184 valence electrons. The van der Waals surface area contributed by atoms with Gasteiger partial charge in [0.2, 0.25) is 0 Å². The summed E-state index contributed by atoms with van der Waals surface area (Å²) in [6.07, 6.45) is 3.03. The first kappa shape index (κ1) is 22.8. The van der Waals surface area contributed by atoms with Crippen molar-refractivity contribution in [2.24, 2.45) is 5.92 Å². The zero-order valence-corrected chi connectivity index (χ0v) is 20.6. The number of benzene rings is 3. The van der Waals surface area contributed by atoms with Gasteiger partial charge in [0.25, 0.3) is 0 Å². The fraction of sp³-hybridized carbons (Fsp3) is 0.355. The monoisotopic (exact) mass is 481 g/mol. The number of ether oxygens (including phenoxy) is 2. The molecule has 2 atom stereocenters. The zero-order chi connectivity index (χ0) is 24.6. The Hall–Kier alpha value is -3.60. The van der Waals surface area contributed by atoms with Gasteiger partial charge in [0.1, 0.15) is 12.4 Å². The number of amides is 1. The van der Waals surface area contributed by atoms with Crippen molar-refractivity contribution in [2.45, 2.75) is 50.6 Å². The maximum atomic E-state index is 13.3. The van der Waals surface area contributed by atoms with E-state index < -0.39 is 0 Å². The minimum atomic E-state index is -0.240. The van der Waals surface area contributed by atoms with Crippen LogP contribution < -0.4 is 4.74 Å². The molecule has 36 heavy (non-hydrogen) atoms. The van der Waals surface area contributed by atoms with Gasteiger partial charge in [-0.3, -0.25) is 4.79 Å². The number of carbonyl (C=O) groups is 2. The molecule has 0 aromatic heterocycles. The lowest BCUT2D eigenvalue weighted by atomic mass is 9.85. The second-order valence-corrected chi connectivity index (χ2v) is 10.1. The van der Waals surface area contributed by atoms with Crippen molar-refractivity contribution in [3.05, 3.63) is 89.5 Å². The third-order valence-electron chi connectivity index (χ3n) is 8.10. The molecule has 2 aliphatic heterocycles. The van der Waals surface area contributed by atoms with Gasteiger partial charge < -0.3 is 14.4 Å². The van der Waals surface area contributed by atoms with E-state index in [4.69, 9.17) is 9.47 Å². The van der Waals surface area contributed by atoms with Crippen LogP contribution >= 0.6 is 0 Å². The first-order valence-corrected chi connectivity index (χ1v) is 13.0. The Kier molecular flexibility index (Phi) is 6.00. The maximum Gasteiger partial charge on any atom is 0.410 e. The van der Waals surface area contributed by atoms with Crippen LogP contribution in [0.3, 0.4) is 0 Å². The van der Waals surface area contributed by atoms with Crippen LogP contribution in [-0.4, -0.2) is 42.1 Å². The molecular weight excluding hydrogens is 450 g/mol. The summed E-state index contributed by atoms with van der Waals surface area (Å²) in [4.78, 5) is 28.4. The van der Waals surface area contributed by atoms with Crippen molar-refractivity contribution >= 4 is 11.9 Å². The number of hydrogen-bond donors (Lipinski definition) is 0. The summed E-state index contributed by atoms with van der Waals surface area (Å²) in [5.74, 6) is 0.942. The number of hydrogen-bond acceptors (Lipinski definition) is 4. The van der Waals surface area contributed by atoms with Gasteiger partial charge in [-0.25, -0.2) is 4.79 Å². The van der Waals surface area contributed by atoms with Crippen LogP contribution in [0.4, 0.5) is 4.79 Å². The Balaban J connectivity index is 1.12. The minimum Gasteiger partial charge on any atom is -0.494 e. The van der Waals surface area contributed by atoms with Crippen molar-refractivity contribution in [1.29, 1.82) is 0 Å². The molecule has 2 bridgehead atoms. The summed E-state index contributed by atoms with van der Waals surface area (Å²) < 4.78 is 11.5. The van der Waals surface area contributed by atoms with Crippen LogP contribution in [0.2, 0.25) is 0 Å². The molecule has 2 fully saturated rings. The molecule has 2 saturated heterocycles. The standard InChI is InChI=1S/C31H31NO4/c1-2-35-24-15-11-20(12-16-24)30(33)21-17-22-13-14-23(18-21)32(22)31(34)36-19-29-27-9-5-3-7-25(27)26-8-4-6-10-28(26)29/h3-12,15-16,21-23,29H,2,13-14,17-19H2,1H3.